The zero-order chi connectivity index (χ0) is 15.2. The van der Waals surface area contributed by atoms with E-state index in [1.165, 1.54) is 12.1 Å². The Labute approximate surface area is 123 Å². The summed E-state index contributed by atoms with van der Waals surface area (Å²) in [5.41, 5.74) is 8.77. The number of hydrogen-bond acceptors (Lipinski definition) is 5. The van der Waals surface area contributed by atoms with Gasteiger partial charge in [0, 0.05) is 17.9 Å². The molecule has 1 atom stereocenters. The van der Waals surface area contributed by atoms with Gasteiger partial charge in [0.15, 0.2) is 0 Å². The van der Waals surface area contributed by atoms with Gasteiger partial charge < -0.3 is 5.32 Å². The highest BCUT2D eigenvalue weighted by Gasteiger charge is 2.05. The summed E-state index contributed by atoms with van der Waals surface area (Å²) in [6.45, 7) is 4.49. The van der Waals surface area contributed by atoms with E-state index in [1.54, 1.807) is 12.1 Å². The van der Waals surface area contributed by atoms with Crippen LogP contribution in [0.15, 0.2) is 30.3 Å². The van der Waals surface area contributed by atoms with E-state index in [2.05, 4.69) is 20.6 Å². The van der Waals surface area contributed by atoms with Crippen molar-refractivity contribution in [3.8, 4) is 0 Å². The standard InChI is InChI=1S/C15H20FN5/c1-10-9-11(2)20-15(19-10)21-14(17)18-8-7-12-3-5-13(16)6-4-12/h3-6,9,14,18H,7-8,17H2,1-2H3,(H,19,20,21). The Morgan fingerprint density at radius 2 is 1.76 bits per heavy atom. The van der Waals surface area contributed by atoms with E-state index in [-0.39, 0.29) is 5.82 Å². The molecule has 0 fully saturated rings. The maximum Gasteiger partial charge on any atom is 0.225 e. The van der Waals surface area contributed by atoms with E-state index >= 15 is 0 Å². The average Bonchev–Trinajstić information content (AvgIpc) is 2.39. The molecule has 1 unspecified atom stereocenters. The molecule has 0 bridgehead atoms. The van der Waals surface area contributed by atoms with Crippen LogP contribution in [0.1, 0.15) is 17.0 Å². The van der Waals surface area contributed by atoms with Gasteiger partial charge in [-0.2, -0.15) is 0 Å². The molecule has 0 amide bonds. The van der Waals surface area contributed by atoms with Gasteiger partial charge in [-0.05, 0) is 44.0 Å². The fourth-order valence-corrected chi connectivity index (χ4v) is 2.00. The monoisotopic (exact) mass is 289 g/mol. The Morgan fingerprint density at radius 1 is 1.14 bits per heavy atom. The summed E-state index contributed by atoms with van der Waals surface area (Å²) in [5.74, 6) is 0.284. The molecule has 5 nitrogen and oxygen atoms in total. The number of rotatable bonds is 6. The van der Waals surface area contributed by atoms with Crippen LogP contribution < -0.4 is 16.4 Å². The van der Waals surface area contributed by atoms with Crippen molar-refractivity contribution in [2.24, 2.45) is 5.73 Å². The number of benzene rings is 1. The quantitative estimate of drug-likeness (QED) is 0.706. The van der Waals surface area contributed by atoms with E-state index < -0.39 is 6.29 Å². The number of anilines is 1. The van der Waals surface area contributed by atoms with Crippen LogP contribution in [0.3, 0.4) is 0 Å². The molecule has 112 valence electrons. The normalized spacial score (nSPS) is 12.2. The lowest BCUT2D eigenvalue weighted by molar-refractivity contribution is 0.575. The van der Waals surface area contributed by atoms with Crippen molar-refractivity contribution >= 4 is 5.95 Å². The highest BCUT2D eigenvalue weighted by Crippen LogP contribution is 2.04. The Bertz CT molecular complexity index is 565. The molecule has 1 heterocycles. The zero-order valence-corrected chi connectivity index (χ0v) is 12.2. The topological polar surface area (TPSA) is 75.9 Å². The van der Waals surface area contributed by atoms with Crippen LogP contribution in [0.5, 0.6) is 0 Å². The molecular formula is C15H20FN5. The van der Waals surface area contributed by atoms with Crippen molar-refractivity contribution in [2.45, 2.75) is 26.6 Å². The largest absolute Gasteiger partial charge is 0.326 e. The summed E-state index contributed by atoms with van der Waals surface area (Å²) in [7, 11) is 0. The van der Waals surface area contributed by atoms with Crippen LogP contribution in [0.25, 0.3) is 0 Å². The van der Waals surface area contributed by atoms with Crippen LogP contribution in [0, 0.1) is 19.7 Å². The summed E-state index contributed by atoms with van der Waals surface area (Å²) in [6.07, 6.45) is 0.329. The number of nitrogens with zero attached hydrogens (tertiary/aromatic N) is 2. The molecule has 1 aromatic carbocycles. The maximum absolute atomic E-state index is 12.8. The van der Waals surface area contributed by atoms with Gasteiger partial charge in [0.05, 0.1) is 0 Å². The van der Waals surface area contributed by atoms with Gasteiger partial charge in [-0.25, -0.2) is 14.4 Å². The predicted octanol–water partition coefficient (Wildman–Crippen LogP) is 1.72. The van der Waals surface area contributed by atoms with Crippen molar-refractivity contribution in [2.75, 3.05) is 11.9 Å². The van der Waals surface area contributed by atoms with E-state index in [0.717, 1.165) is 23.4 Å². The second-order valence-corrected chi connectivity index (χ2v) is 4.93. The minimum Gasteiger partial charge on any atom is -0.326 e. The molecule has 4 N–H and O–H groups in total. The third-order valence-electron chi connectivity index (χ3n) is 2.96. The third-order valence-corrected chi connectivity index (χ3v) is 2.96. The van der Waals surface area contributed by atoms with Gasteiger partial charge in [-0.15, -0.1) is 0 Å². The Morgan fingerprint density at radius 3 is 2.38 bits per heavy atom. The Hall–Kier alpha value is -2.05. The Balaban J connectivity index is 1.79. The minimum atomic E-state index is -0.438. The lowest BCUT2D eigenvalue weighted by atomic mass is 10.1. The highest BCUT2D eigenvalue weighted by atomic mass is 19.1. The Kier molecular flexibility index (Phi) is 5.19. The number of aryl methyl sites for hydroxylation is 2. The van der Waals surface area contributed by atoms with Crippen LogP contribution in [-0.2, 0) is 6.42 Å². The molecule has 1 aromatic heterocycles. The molecule has 0 aliphatic heterocycles. The van der Waals surface area contributed by atoms with Crippen molar-refractivity contribution in [3.63, 3.8) is 0 Å². The maximum atomic E-state index is 12.8. The molecule has 0 aliphatic carbocycles. The number of hydrogen-bond donors (Lipinski definition) is 3. The molecular weight excluding hydrogens is 269 g/mol. The van der Waals surface area contributed by atoms with Crippen molar-refractivity contribution in [3.05, 3.63) is 53.1 Å². The van der Waals surface area contributed by atoms with Gasteiger partial charge in [-0.3, -0.25) is 11.1 Å². The number of nitrogens with two attached hydrogens (primary N) is 1. The van der Waals surface area contributed by atoms with Crippen molar-refractivity contribution in [1.82, 2.24) is 15.3 Å². The van der Waals surface area contributed by atoms with Crippen LogP contribution >= 0.6 is 0 Å². The SMILES string of the molecule is Cc1cc(C)nc(NC(N)NCCc2ccc(F)cc2)n1. The van der Waals surface area contributed by atoms with Gasteiger partial charge in [0.2, 0.25) is 5.95 Å². The van der Waals surface area contributed by atoms with Crippen molar-refractivity contribution < 1.29 is 4.39 Å². The number of aromatic nitrogens is 2. The first-order valence-electron chi connectivity index (χ1n) is 6.85. The first-order chi connectivity index (χ1) is 10.0. The van der Waals surface area contributed by atoms with Crippen LogP contribution in [0.2, 0.25) is 0 Å². The first-order valence-corrected chi connectivity index (χ1v) is 6.85. The van der Waals surface area contributed by atoms with E-state index in [9.17, 15) is 4.39 Å². The highest BCUT2D eigenvalue weighted by molar-refractivity contribution is 5.28. The predicted molar refractivity (Wildman–Crippen MR) is 81.2 cm³/mol. The second kappa shape index (κ2) is 7.10. The molecule has 2 rings (SSSR count). The van der Waals surface area contributed by atoms with Gasteiger partial charge in [0.1, 0.15) is 12.1 Å². The summed E-state index contributed by atoms with van der Waals surface area (Å²) in [6, 6.07) is 8.35. The van der Waals surface area contributed by atoms with Crippen molar-refractivity contribution in [1.29, 1.82) is 0 Å². The molecule has 0 radical (unpaired) electrons. The number of nitrogens with one attached hydrogen (secondary N) is 2. The smallest absolute Gasteiger partial charge is 0.225 e. The van der Waals surface area contributed by atoms with Gasteiger partial charge in [-0.1, -0.05) is 12.1 Å². The fraction of sp³-hybridized carbons (Fsp3) is 0.333. The summed E-state index contributed by atoms with van der Waals surface area (Å²) in [4.78, 5) is 8.53. The van der Waals surface area contributed by atoms with Gasteiger partial charge >= 0.3 is 0 Å². The van der Waals surface area contributed by atoms with E-state index in [4.69, 9.17) is 5.73 Å². The lowest BCUT2D eigenvalue weighted by Crippen LogP contribution is -2.45. The van der Waals surface area contributed by atoms with E-state index in [0.29, 0.717) is 12.5 Å². The van der Waals surface area contributed by atoms with Gasteiger partial charge in [0.25, 0.3) is 0 Å². The van der Waals surface area contributed by atoms with E-state index in [1.807, 2.05) is 19.9 Å². The fourth-order valence-electron chi connectivity index (χ4n) is 2.00. The lowest BCUT2D eigenvalue weighted by Gasteiger charge is -2.16. The third kappa shape index (κ3) is 5.09. The molecule has 0 aliphatic rings. The number of halogens is 1. The summed E-state index contributed by atoms with van der Waals surface area (Å²) in [5, 5.41) is 6.13. The molecule has 0 spiro atoms. The summed E-state index contributed by atoms with van der Waals surface area (Å²) < 4.78 is 12.8. The van der Waals surface area contributed by atoms with Crippen LogP contribution in [0.4, 0.5) is 10.3 Å². The van der Waals surface area contributed by atoms with Crippen LogP contribution in [-0.4, -0.2) is 22.8 Å². The molecule has 6 heteroatoms. The zero-order valence-electron chi connectivity index (χ0n) is 12.2. The second-order valence-electron chi connectivity index (χ2n) is 4.93. The molecule has 21 heavy (non-hydrogen) atoms. The molecule has 0 saturated carbocycles. The molecule has 2 aromatic rings. The average molecular weight is 289 g/mol. The molecule has 0 saturated heterocycles. The summed E-state index contributed by atoms with van der Waals surface area (Å²) >= 11 is 0. The minimum absolute atomic E-state index is 0.225. The first kappa shape index (κ1) is 15.3.